The number of ether oxygens (including phenoxy) is 1. The van der Waals surface area contributed by atoms with Crippen molar-refractivity contribution in [1.29, 1.82) is 0 Å². The van der Waals surface area contributed by atoms with E-state index in [4.69, 9.17) is 4.74 Å². The third-order valence-electron chi connectivity index (χ3n) is 2.82. The van der Waals surface area contributed by atoms with Gasteiger partial charge in [-0.15, -0.1) is 0 Å². The van der Waals surface area contributed by atoms with Crippen LogP contribution in [0.2, 0.25) is 0 Å². The van der Waals surface area contributed by atoms with Gasteiger partial charge < -0.3 is 4.74 Å². The molecule has 2 bridgehead atoms. The second-order valence-corrected chi connectivity index (χ2v) is 3.81. The Labute approximate surface area is 72.6 Å². The van der Waals surface area contributed by atoms with Gasteiger partial charge in [0.2, 0.25) is 0 Å². The van der Waals surface area contributed by atoms with Crippen LogP contribution >= 0.6 is 0 Å². The molecule has 0 spiro atoms. The molecule has 0 aromatic rings. The summed E-state index contributed by atoms with van der Waals surface area (Å²) in [5.74, 6) is 1.14. The van der Waals surface area contributed by atoms with Crippen LogP contribution in [-0.2, 0) is 9.53 Å². The molecule has 0 aliphatic heterocycles. The topological polar surface area (TPSA) is 26.3 Å². The third-order valence-corrected chi connectivity index (χ3v) is 2.82. The lowest BCUT2D eigenvalue weighted by Gasteiger charge is -2.15. The Balaban J connectivity index is 2.01. The third kappa shape index (κ3) is 1.38. The summed E-state index contributed by atoms with van der Waals surface area (Å²) in [5, 5.41) is 0. The summed E-state index contributed by atoms with van der Waals surface area (Å²) in [6.45, 7) is 1.49. The standard InChI is InChI=1S/C10H14O2/c1-7(11)12-10-6-8-3-2-4-9(10)5-8/h2,4,8-10H,3,5-6H2,1H3. The molecule has 3 atom stereocenters. The van der Waals surface area contributed by atoms with Crippen molar-refractivity contribution in [3.63, 3.8) is 0 Å². The first kappa shape index (κ1) is 7.84. The van der Waals surface area contributed by atoms with Crippen LogP contribution in [-0.4, -0.2) is 12.1 Å². The fraction of sp³-hybridized carbons (Fsp3) is 0.700. The van der Waals surface area contributed by atoms with E-state index in [1.54, 1.807) is 0 Å². The SMILES string of the molecule is CC(=O)OC1CC2CC=CC1C2. The zero-order chi connectivity index (χ0) is 8.55. The van der Waals surface area contributed by atoms with Crippen LogP contribution < -0.4 is 0 Å². The Morgan fingerprint density at radius 3 is 3.00 bits per heavy atom. The van der Waals surface area contributed by atoms with Gasteiger partial charge in [-0.1, -0.05) is 12.2 Å². The Kier molecular flexibility index (Phi) is 1.91. The van der Waals surface area contributed by atoms with E-state index in [2.05, 4.69) is 12.2 Å². The maximum Gasteiger partial charge on any atom is 0.302 e. The molecule has 2 aliphatic carbocycles. The van der Waals surface area contributed by atoms with Crippen molar-refractivity contribution in [3.05, 3.63) is 12.2 Å². The van der Waals surface area contributed by atoms with Gasteiger partial charge in [0, 0.05) is 12.8 Å². The van der Waals surface area contributed by atoms with Crippen LogP contribution in [0.3, 0.4) is 0 Å². The lowest BCUT2D eigenvalue weighted by molar-refractivity contribution is -0.147. The predicted octanol–water partition coefficient (Wildman–Crippen LogP) is 1.90. The Morgan fingerprint density at radius 1 is 1.50 bits per heavy atom. The summed E-state index contributed by atoms with van der Waals surface area (Å²) < 4.78 is 5.23. The predicted molar refractivity (Wildman–Crippen MR) is 45.5 cm³/mol. The van der Waals surface area contributed by atoms with E-state index in [0.29, 0.717) is 5.92 Å². The molecule has 0 aromatic carbocycles. The van der Waals surface area contributed by atoms with Crippen molar-refractivity contribution in [1.82, 2.24) is 0 Å². The molecule has 0 saturated heterocycles. The number of carbonyl (C=O) groups excluding carboxylic acids is 1. The second kappa shape index (κ2) is 2.92. The molecule has 2 aliphatic rings. The molecular weight excluding hydrogens is 152 g/mol. The fourth-order valence-electron chi connectivity index (χ4n) is 2.33. The van der Waals surface area contributed by atoms with E-state index in [9.17, 15) is 4.79 Å². The first-order chi connectivity index (χ1) is 5.75. The molecule has 0 radical (unpaired) electrons. The van der Waals surface area contributed by atoms with Crippen LogP contribution in [0.25, 0.3) is 0 Å². The number of rotatable bonds is 1. The van der Waals surface area contributed by atoms with E-state index < -0.39 is 0 Å². The monoisotopic (exact) mass is 166 g/mol. The zero-order valence-electron chi connectivity index (χ0n) is 7.32. The van der Waals surface area contributed by atoms with E-state index in [1.165, 1.54) is 19.8 Å². The highest BCUT2D eigenvalue weighted by molar-refractivity contribution is 5.66. The van der Waals surface area contributed by atoms with Gasteiger partial charge in [-0.25, -0.2) is 0 Å². The molecule has 0 amide bonds. The van der Waals surface area contributed by atoms with E-state index in [-0.39, 0.29) is 12.1 Å². The molecule has 2 nitrogen and oxygen atoms in total. The van der Waals surface area contributed by atoms with Crippen LogP contribution in [0.4, 0.5) is 0 Å². The number of esters is 1. The zero-order valence-corrected chi connectivity index (χ0v) is 7.32. The Hall–Kier alpha value is -0.790. The summed E-state index contributed by atoms with van der Waals surface area (Å²) in [7, 11) is 0. The average molecular weight is 166 g/mol. The lowest BCUT2D eigenvalue weighted by atomic mass is 9.96. The Morgan fingerprint density at radius 2 is 2.33 bits per heavy atom. The maximum atomic E-state index is 10.7. The van der Waals surface area contributed by atoms with Gasteiger partial charge in [-0.2, -0.15) is 0 Å². The van der Waals surface area contributed by atoms with Gasteiger partial charge >= 0.3 is 5.97 Å². The van der Waals surface area contributed by atoms with Gasteiger partial charge in [0.05, 0.1) is 0 Å². The van der Waals surface area contributed by atoms with E-state index in [0.717, 1.165) is 12.3 Å². The van der Waals surface area contributed by atoms with Crippen LogP contribution in [0.5, 0.6) is 0 Å². The molecule has 2 rings (SSSR count). The minimum atomic E-state index is -0.138. The number of hydrogen-bond acceptors (Lipinski definition) is 2. The maximum absolute atomic E-state index is 10.7. The lowest BCUT2D eigenvalue weighted by Crippen LogP contribution is -2.18. The first-order valence-electron chi connectivity index (χ1n) is 4.59. The number of allylic oxidation sites excluding steroid dienone is 1. The van der Waals surface area contributed by atoms with Gasteiger partial charge in [0.25, 0.3) is 0 Å². The molecule has 12 heavy (non-hydrogen) atoms. The van der Waals surface area contributed by atoms with Crippen molar-refractivity contribution < 1.29 is 9.53 Å². The minimum absolute atomic E-state index is 0.138. The van der Waals surface area contributed by atoms with Crippen LogP contribution in [0.15, 0.2) is 12.2 Å². The molecule has 2 heteroatoms. The van der Waals surface area contributed by atoms with Crippen LogP contribution in [0, 0.1) is 11.8 Å². The quantitative estimate of drug-likeness (QED) is 0.439. The molecule has 1 saturated carbocycles. The molecular formula is C10H14O2. The van der Waals surface area contributed by atoms with Crippen molar-refractivity contribution >= 4 is 5.97 Å². The first-order valence-corrected chi connectivity index (χ1v) is 4.59. The summed E-state index contributed by atoms with van der Waals surface area (Å²) in [6.07, 6.45) is 8.06. The van der Waals surface area contributed by atoms with Gasteiger partial charge in [0.15, 0.2) is 0 Å². The summed E-state index contributed by atoms with van der Waals surface area (Å²) in [5.41, 5.74) is 0. The Bertz CT molecular complexity index is 220. The van der Waals surface area contributed by atoms with Crippen molar-refractivity contribution in [2.45, 2.75) is 32.3 Å². The number of hydrogen-bond donors (Lipinski definition) is 0. The summed E-state index contributed by atoms with van der Waals surface area (Å²) in [4.78, 5) is 10.7. The number of fused-ring (bicyclic) bond motifs is 2. The molecule has 1 fully saturated rings. The van der Waals surface area contributed by atoms with Gasteiger partial charge in [-0.05, 0) is 25.2 Å². The summed E-state index contributed by atoms with van der Waals surface area (Å²) >= 11 is 0. The van der Waals surface area contributed by atoms with Crippen molar-refractivity contribution in [2.24, 2.45) is 11.8 Å². The van der Waals surface area contributed by atoms with Crippen LogP contribution in [0.1, 0.15) is 26.2 Å². The average Bonchev–Trinajstić information content (AvgIpc) is 2.26. The fourth-order valence-corrected chi connectivity index (χ4v) is 2.33. The largest absolute Gasteiger partial charge is 0.462 e. The summed E-state index contributed by atoms with van der Waals surface area (Å²) in [6, 6.07) is 0. The molecule has 3 unspecified atom stereocenters. The van der Waals surface area contributed by atoms with Crippen molar-refractivity contribution in [2.75, 3.05) is 0 Å². The molecule has 0 heterocycles. The van der Waals surface area contributed by atoms with Gasteiger partial charge in [-0.3, -0.25) is 4.79 Å². The van der Waals surface area contributed by atoms with Gasteiger partial charge in [0.1, 0.15) is 6.10 Å². The minimum Gasteiger partial charge on any atom is -0.462 e. The highest BCUT2D eigenvalue weighted by Gasteiger charge is 2.36. The van der Waals surface area contributed by atoms with E-state index in [1.807, 2.05) is 0 Å². The smallest absolute Gasteiger partial charge is 0.302 e. The highest BCUT2D eigenvalue weighted by atomic mass is 16.5. The number of carbonyl (C=O) groups is 1. The van der Waals surface area contributed by atoms with Crippen molar-refractivity contribution in [3.8, 4) is 0 Å². The normalized spacial score (nSPS) is 38.2. The molecule has 0 aromatic heterocycles. The molecule has 66 valence electrons. The second-order valence-electron chi connectivity index (χ2n) is 3.81. The molecule has 0 N–H and O–H groups in total. The highest BCUT2D eigenvalue weighted by Crippen LogP contribution is 2.39. The van der Waals surface area contributed by atoms with E-state index >= 15 is 0 Å².